The van der Waals surface area contributed by atoms with Crippen molar-refractivity contribution in [1.29, 1.82) is 0 Å². The number of hydrogen-bond acceptors (Lipinski definition) is 2. The van der Waals surface area contributed by atoms with Crippen LogP contribution in [0.15, 0.2) is 24.3 Å². The second kappa shape index (κ2) is 4.69. The fraction of sp³-hybridized carbons (Fsp3) is 0.600. The summed E-state index contributed by atoms with van der Waals surface area (Å²) in [7, 11) is 2.29. The maximum Gasteiger partial charge on any atom is 0.0376 e. The van der Waals surface area contributed by atoms with E-state index in [1.807, 2.05) is 0 Å². The molecule has 2 aliphatic rings. The number of rotatable bonds is 4. The Bertz CT molecular complexity index is 384. The Labute approximate surface area is 104 Å². The van der Waals surface area contributed by atoms with Gasteiger partial charge < -0.3 is 10.2 Å². The number of hydrogen-bond donors (Lipinski definition) is 1. The lowest BCUT2D eigenvalue weighted by Crippen LogP contribution is -2.38. The Morgan fingerprint density at radius 1 is 1.29 bits per heavy atom. The predicted molar refractivity (Wildman–Crippen MR) is 72.6 cm³/mol. The third-order valence-electron chi connectivity index (χ3n) is 4.47. The normalized spacial score (nSPS) is 23.3. The average molecular weight is 230 g/mol. The van der Waals surface area contributed by atoms with Crippen molar-refractivity contribution in [2.45, 2.75) is 37.6 Å². The summed E-state index contributed by atoms with van der Waals surface area (Å²) in [4.78, 5) is 2.56. The molecule has 1 aliphatic carbocycles. The highest BCUT2D eigenvalue weighted by atomic mass is 15.1. The van der Waals surface area contributed by atoms with Gasteiger partial charge in [-0.1, -0.05) is 24.6 Å². The molecule has 0 aromatic heterocycles. The van der Waals surface area contributed by atoms with Gasteiger partial charge in [-0.25, -0.2) is 0 Å². The minimum atomic E-state index is 0.716. The van der Waals surface area contributed by atoms with Crippen molar-refractivity contribution in [3.63, 3.8) is 0 Å². The Morgan fingerprint density at radius 3 is 2.88 bits per heavy atom. The van der Waals surface area contributed by atoms with Gasteiger partial charge in [-0.3, -0.25) is 0 Å². The zero-order valence-electron chi connectivity index (χ0n) is 10.7. The maximum absolute atomic E-state index is 3.51. The van der Waals surface area contributed by atoms with Gasteiger partial charge in [-0.15, -0.1) is 0 Å². The molecule has 1 fully saturated rings. The van der Waals surface area contributed by atoms with Crippen molar-refractivity contribution in [1.82, 2.24) is 4.90 Å². The van der Waals surface area contributed by atoms with Crippen LogP contribution < -0.4 is 5.32 Å². The molecule has 1 heterocycles. The van der Waals surface area contributed by atoms with Gasteiger partial charge in [0.15, 0.2) is 0 Å². The monoisotopic (exact) mass is 230 g/mol. The van der Waals surface area contributed by atoms with Gasteiger partial charge in [0.1, 0.15) is 0 Å². The van der Waals surface area contributed by atoms with E-state index in [0.717, 1.165) is 12.6 Å². The van der Waals surface area contributed by atoms with Crippen LogP contribution in [-0.4, -0.2) is 31.1 Å². The molecule has 92 valence electrons. The van der Waals surface area contributed by atoms with Crippen molar-refractivity contribution in [2.24, 2.45) is 0 Å². The van der Waals surface area contributed by atoms with Crippen LogP contribution in [-0.2, 0) is 0 Å². The lowest BCUT2D eigenvalue weighted by Gasteiger charge is -2.35. The van der Waals surface area contributed by atoms with Gasteiger partial charge in [0.25, 0.3) is 0 Å². The number of para-hydroxylation sites is 1. The van der Waals surface area contributed by atoms with Crippen molar-refractivity contribution < 1.29 is 0 Å². The third kappa shape index (κ3) is 2.19. The number of nitrogens with zero attached hydrogens (tertiary/aromatic N) is 1. The topological polar surface area (TPSA) is 15.3 Å². The van der Waals surface area contributed by atoms with Crippen molar-refractivity contribution in [2.75, 3.05) is 25.5 Å². The van der Waals surface area contributed by atoms with E-state index in [0.29, 0.717) is 5.92 Å². The van der Waals surface area contributed by atoms with E-state index < -0.39 is 0 Å². The molecule has 0 amide bonds. The molecule has 0 radical (unpaired) electrons. The quantitative estimate of drug-likeness (QED) is 0.855. The van der Waals surface area contributed by atoms with Gasteiger partial charge in [0.2, 0.25) is 0 Å². The molecule has 2 heteroatoms. The highest BCUT2D eigenvalue weighted by molar-refractivity contribution is 5.57. The average Bonchev–Trinajstić information content (AvgIpc) is 2.67. The SMILES string of the molecule is CN(CCC1CNc2ccccc21)C1CCC1. The molecule has 1 N–H and O–H groups in total. The Morgan fingerprint density at radius 2 is 2.12 bits per heavy atom. The first-order valence-corrected chi connectivity index (χ1v) is 6.87. The van der Waals surface area contributed by atoms with Crippen LogP contribution >= 0.6 is 0 Å². The van der Waals surface area contributed by atoms with Crippen molar-refractivity contribution >= 4 is 5.69 Å². The van der Waals surface area contributed by atoms with Gasteiger partial charge >= 0.3 is 0 Å². The summed E-state index contributed by atoms with van der Waals surface area (Å²) < 4.78 is 0. The van der Waals surface area contributed by atoms with E-state index in [4.69, 9.17) is 0 Å². The van der Waals surface area contributed by atoms with E-state index in [1.54, 1.807) is 0 Å². The van der Waals surface area contributed by atoms with Gasteiger partial charge in [-0.05, 0) is 44.5 Å². The van der Waals surface area contributed by atoms with Gasteiger partial charge in [0, 0.05) is 24.2 Å². The molecule has 2 nitrogen and oxygen atoms in total. The van der Waals surface area contributed by atoms with Crippen LogP contribution in [0.5, 0.6) is 0 Å². The lowest BCUT2D eigenvalue weighted by molar-refractivity contribution is 0.156. The van der Waals surface area contributed by atoms with Crippen molar-refractivity contribution in [3.8, 4) is 0 Å². The molecule has 3 rings (SSSR count). The van der Waals surface area contributed by atoms with E-state index in [9.17, 15) is 0 Å². The summed E-state index contributed by atoms with van der Waals surface area (Å²) in [6, 6.07) is 9.64. The summed E-state index contributed by atoms with van der Waals surface area (Å²) in [5, 5.41) is 3.51. The molecule has 17 heavy (non-hydrogen) atoms. The number of fused-ring (bicyclic) bond motifs is 1. The van der Waals surface area contributed by atoms with E-state index in [1.165, 1.54) is 43.5 Å². The second-order valence-electron chi connectivity index (χ2n) is 5.52. The first-order chi connectivity index (χ1) is 8.34. The molecular formula is C15H22N2. The Kier molecular flexibility index (Phi) is 3.06. The molecular weight excluding hydrogens is 208 g/mol. The third-order valence-corrected chi connectivity index (χ3v) is 4.47. The molecule has 0 bridgehead atoms. The first-order valence-electron chi connectivity index (χ1n) is 6.87. The molecule has 0 saturated heterocycles. The summed E-state index contributed by atoms with van der Waals surface area (Å²) in [5.74, 6) is 0.716. The fourth-order valence-electron chi connectivity index (χ4n) is 2.98. The fourth-order valence-corrected chi connectivity index (χ4v) is 2.98. The summed E-state index contributed by atoms with van der Waals surface area (Å²) in [6.45, 7) is 2.36. The van der Waals surface area contributed by atoms with Gasteiger partial charge in [-0.2, -0.15) is 0 Å². The number of anilines is 1. The first kappa shape index (κ1) is 11.1. The van der Waals surface area contributed by atoms with E-state index in [2.05, 4.69) is 41.5 Å². The highest BCUT2D eigenvalue weighted by Crippen LogP contribution is 2.33. The minimum Gasteiger partial charge on any atom is -0.384 e. The van der Waals surface area contributed by atoms with E-state index in [-0.39, 0.29) is 0 Å². The predicted octanol–water partition coefficient (Wildman–Crippen LogP) is 3.07. The van der Waals surface area contributed by atoms with Gasteiger partial charge in [0.05, 0.1) is 0 Å². The molecule has 1 aliphatic heterocycles. The largest absolute Gasteiger partial charge is 0.384 e. The van der Waals surface area contributed by atoms with Crippen LogP contribution in [0.25, 0.3) is 0 Å². The Balaban J connectivity index is 1.56. The maximum atomic E-state index is 3.51. The summed E-state index contributed by atoms with van der Waals surface area (Å²) in [6.07, 6.45) is 5.55. The molecule has 1 aromatic carbocycles. The number of nitrogens with one attached hydrogen (secondary N) is 1. The van der Waals surface area contributed by atoms with Crippen LogP contribution in [0.1, 0.15) is 37.2 Å². The molecule has 1 unspecified atom stereocenters. The highest BCUT2D eigenvalue weighted by Gasteiger charge is 2.25. The van der Waals surface area contributed by atoms with Crippen LogP contribution in [0.4, 0.5) is 5.69 Å². The molecule has 1 aromatic rings. The summed E-state index contributed by atoms with van der Waals surface area (Å²) in [5.41, 5.74) is 2.87. The van der Waals surface area contributed by atoms with Crippen LogP contribution in [0.2, 0.25) is 0 Å². The Hall–Kier alpha value is -1.02. The van der Waals surface area contributed by atoms with Crippen molar-refractivity contribution in [3.05, 3.63) is 29.8 Å². The molecule has 1 atom stereocenters. The summed E-state index contributed by atoms with van der Waals surface area (Å²) >= 11 is 0. The molecule has 0 spiro atoms. The smallest absolute Gasteiger partial charge is 0.0376 e. The standard InChI is InChI=1S/C15H22N2/c1-17(13-5-4-6-13)10-9-12-11-16-15-8-3-2-7-14(12)15/h2-3,7-8,12-13,16H,4-6,9-11H2,1H3. The molecule has 1 saturated carbocycles. The lowest BCUT2D eigenvalue weighted by atomic mass is 9.91. The number of benzene rings is 1. The van der Waals surface area contributed by atoms with E-state index >= 15 is 0 Å². The second-order valence-corrected chi connectivity index (χ2v) is 5.52. The van der Waals surface area contributed by atoms with Crippen LogP contribution in [0.3, 0.4) is 0 Å². The zero-order chi connectivity index (χ0) is 11.7. The minimum absolute atomic E-state index is 0.716. The zero-order valence-corrected chi connectivity index (χ0v) is 10.7. The van der Waals surface area contributed by atoms with Crippen LogP contribution in [0, 0.1) is 0 Å².